The molecule has 0 bridgehead atoms. The van der Waals surface area contributed by atoms with Crippen molar-refractivity contribution >= 4 is 11.6 Å². The zero-order chi connectivity index (χ0) is 16.4. The van der Waals surface area contributed by atoms with Gasteiger partial charge in [0.25, 0.3) is 5.91 Å². The zero-order valence-corrected chi connectivity index (χ0v) is 13.3. The summed E-state index contributed by atoms with van der Waals surface area (Å²) in [5.74, 6) is 0.839. The molecule has 0 aliphatic carbocycles. The normalized spacial score (nSPS) is 18.2. The van der Waals surface area contributed by atoms with Crippen LogP contribution in [0.1, 0.15) is 31.7 Å². The molecule has 2 aromatic rings. The van der Waals surface area contributed by atoms with Crippen LogP contribution in [0.3, 0.4) is 0 Å². The number of carbonyl (C=O) groups is 1. The molecule has 3 rings (SSSR count). The van der Waals surface area contributed by atoms with E-state index in [4.69, 9.17) is 4.74 Å². The SMILES string of the molecule is CC(Oc1cccnc1)C(=O)N1CCC(C)c2cccc(O)c21. The van der Waals surface area contributed by atoms with Crippen molar-refractivity contribution in [3.8, 4) is 11.5 Å². The third-order valence-corrected chi connectivity index (χ3v) is 4.19. The Morgan fingerprint density at radius 1 is 1.39 bits per heavy atom. The first kappa shape index (κ1) is 15.3. The Bertz CT molecular complexity index is 703. The van der Waals surface area contributed by atoms with Gasteiger partial charge in [-0.05, 0) is 43.0 Å². The highest BCUT2D eigenvalue weighted by atomic mass is 16.5. The van der Waals surface area contributed by atoms with E-state index in [9.17, 15) is 9.90 Å². The third-order valence-electron chi connectivity index (χ3n) is 4.19. The molecular weight excluding hydrogens is 292 g/mol. The first-order chi connectivity index (χ1) is 11.1. The van der Waals surface area contributed by atoms with E-state index in [1.165, 1.54) is 0 Å². The molecule has 5 heteroatoms. The first-order valence-corrected chi connectivity index (χ1v) is 7.78. The monoisotopic (exact) mass is 312 g/mol. The van der Waals surface area contributed by atoms with Crippen LogP contribution in [0.25, 0.3) is 0 Å². The average molecular weight is 312 g/mol. The number of phenolic OH excluding ortho intramolecular Hbond substituents is 1. The Hall–Kier alpha value is -2.56. The summed E-state index contributed by atoms with van der Waals surface area (Å²) < 4.78 is 5.68. The molecule has 0 radical (unpaired) electrons. The van der Waals surface area contributed by atoms with Gasteiger partial charge in [-0.1, -0.05) is 19.1 Å². The summed E-state index contributed by atoms with van der Waals surface area (Å²) >= 11 is 0. The fourth-order valence-electron chi connectivity index (χ4n) is 2.94. The van der Waals surface area contributed by atoms with Crippen molar-refractivity contribution in [2.45, 2.75) is 32.3 Å². The molecule has 5 nitrogen and oxygen atoms in total. The van der Waals surface area contributed by atoms with E-state index in [-0.39, 0.29) is 11.7 Å². The minimum atomic E-state index is -0.653. The second-order valence-electron chi connectivity index (χ2n) is 5.84. The number of benzene rings is 1. The quantitative estimate of drug-likeness (QED) is 0.946. The van der Waals surface area contributed by atoms with Gasteiger partial charge >= 0.3 is 0 Å². The van der Waals surface area contributed by atoms with Crippen molar-refractivity contribution in [1.82, 2.24) is 4.98 Å². The van der Waals surface area contributed by atoms with Crippen molar-refractivity contribution in [2.75, 3.05) is 11.4 Å². The Balaban J connectivity index is 1.85. The standard InChI is InChI=1S/C18H20N2O3/c1-12-8-10-20(17-15(12)6-3-7-16(17)21)18(22)13(2)23-14-5-4-9-19-11-14/h3-7,9,11-13,21H,8,10H2,1-2H3. The summed E-state index contributed by atoms with van der Waals surface area (Å²) in [5, 5.41) is 10.2. The Morgan fingerprint density at radius 2 is 2.22 bits per heavy atom. The lowest BCUT2D eigenvalue weighted by Gasteiger charge is -2.34. The molecular formula is C18H20N2O3. The predicted octanol–water partition coefficient (Wildman–Crippen LogP) is 3.09. The molecule has 2 atom stereocenters. The largest absolute Gasteiger partial charge is 0.506 e. The number of rotatable bonds is 3. The maximum atomic E-state index is 12.8. The summed E-state index contributed by atoms with van der Waals surface area (Å²) in [7, 11) is 0. The molecule has 0 saturated carbocycles. The van der Waals surface area contributed by atoms with E-state index in [0.29, 0.717) is 23.9 Å². The number of aromatic hydroxyl groups is 1. The molecule has 1 aromatic heterocycles. The minimum Gasteiger partial charge on any atom is -0.506 e. The van der Waals surface area contributed by atoms with Gasteiger partial charge < -0.3 is 14.7 Å². The molecule has 1 amide bonds. The van der Waals surface area contributed by atoms with E-state index in [2.05, 4.69) is 11.9 Å². The molecule has 2 unspecified atom stereocenters. The first-order valence-electron chi connectivity index (χ1n) is 7.78. The van der Waals surface area contributed by atoms with Gasteiger partial charge in [0.1, 0.15) is 11.5 Å². The number of nitrogens with zero attached hydrogens (tertiary/aromatic N) is 2. The van der Waals surface area contributed by atoms with Gasteiger partial charge in [0.2, 0.25) is 0 Å². The maximum absolute atomic E-state index is 12.8. The second-order valence-corrected chi connectivity index (χ2v) is 5.84. The molecule has 1 N–H and O–H groups in total. The molecule has 1 aliphatic rings. The highest BCUT2D eigenvalue weighted by Crippen LogP contribution is 2.41. The van der Waals surface area contributed by atoms with Crippen molar-refractivity contribution in [2.24, 2.45) is 0 Å². The van der Waals surface area contributed by atoms with Crippen molar-refractivity contribution in [3.05, 3.63) is 48.3 Å². The van der Waals surface area contributed by atoms with Crippen molar-refractivity contribution < 1.29 is 14.6 Å². The number of fused-ring (bicyclic) bond motifs is 1. The molecule has 0 fully saturated rings. The lowest BCUT2D eigenvalue weighted by molar-refractivity contribution is -0.124. The molecule has 1 aromatic carbocycles. The van der Waals surface area contributed by atoms with Crippen molar-refractivity contribution in [3.63, 3.8) is 0 Å². The number of pyridine rings is 1. The minimum absolute atomic E-state index is 0.135. The van der Waals surface area contributed by atoms with Gasteiger partial charge in [0.15, 0.2) is 6.10 Å². The molecule has 23 heavy (non-hydrogen) atoms. The summed E-state index contributed by atoms with van der Waals surface area (Å²) in [4.78, 5) is 18.4. The van der Waals surface area contributed by atoms with E-state index >= 15 is 0 Å². The van der Waals surface area contributed by atoms with Gasteiger partial charge in [0.05, 0.1) is 11.9 Å². The number of aromatic nitrogens is 1. The second kappa shape index (κ2) is 6.28. The summed E-state index contributed by atoms with van der Waals surface area (Å²) in [5.41, 5.74) is 1.61. The summed E-state index contributed by atoms with van der Waals surface area (Å²) in [6.45, 7) is 4.40. The van der Waals surface area contributed by atoms with Crippen LogP contribution in [-0.2, 0) is 4.79 Å². The van der Waals surface area contributed by atoms with Gasteiger partial charge in [-0.25, -0.2) is 0 Å². The number of hydrogen-bond acceptors (Lipinski definition) is 4. The Kier molecular flexibility index (Phi) is 4.19. The highest BCUT2D eigenvalue weighted by Gasteiger charge is 2.32. The van der Waals surface area contributed by atoms with Gasteiger partial charge in [-0.3, -0.25) is 9.78 Å². The predicted molar refractivity (Wildman–Crippen MR) is 87.8 cm³/mol. The van der Waals surface area contributed by atoms with E-state index in [1.807, 2.05) is 12.1 Å². The maximum Gasteiger partial charge on any atom is 0.267 e. The molecule has 2 heterocycles. The van der Waals surface area contributed by atoms with Crippen LogP contribution in [0.15, 0.2) is 42.7 Å². The van der Waals surface area contributed by atoms with Crippen LogP contribution in [0.2, 0.25) is 0 Å². The Labute approximate surface area is 135 Å². The number of ether oxygens (including phenoxy) is 1. The van der Waals surface area contributed by atoms with Crippen LogP contribution in [0.4, 0.5) is 5.69 Å². The van der Waals surface area contributed by atoms with Crippen LogP contribution < -0.4 is 9.64 Å². The van der Waals surface area contributed by atoms with E-state index in [0.717, 1.165) is 12.0 Å². The zero-order valence-electron chi connectivity index (χ0n) is 13.3. The average Bonchev–Trinajstić information content (AvgIpc) is 2.56. The van der Waals surface area contributed by atoms with Gasteiger partial charge in [-0.15, -0.1) is 0 Å². The molecule has 120 valence electrons. The lowest BCUT2D eigenvalue weighted by atomic mass is 9.91. The number of anilines is 1. The summed E-state index contributed by atoms with van der Waals surface area (Å²) in [6, 6.07) is 8.92. The summed E-state index contributed by atoms with van der Waals surface area (Å²) in [6.07, 6.45) is 3.44. The molecule has 0 spiro atoms. The van der Waals surface area contributed by atoms with Gasteiger partial charge in [0, 0.05) is 12.7 Å². The fourth-order valence-corrected chi connectivity index (χ4v) is 2.94. The molecule has 0 saturated heterocycles. The number of hydrogen-bond donors (Lipinski definition) is 1. The molecule has 1 aliphatic heterocycles. The van der Waals surface area contributed by atoms with Crippen LogP contribution in [0.5, 0.6) is 11.5 Å². The topological polar surface area (TPSA) is 62.7 Å². The smallest absolute Gasteiger partial charge is 0.267 e. The van der Waals surface area contributed by atoms with E-state index < -0.39 is 6.10 Å². The lowest BCUT2D eigenvalue weighted by Crippen LogP contribution is -2.43. The van der Waals surface area contributed by atoms with Crippen LogP contribution in [-0.4, -0.2) is 28.6 Å². The number of amides is 1. The number of phenols is 1. The highest BCUT2D eigenvalue weighted by molar-refractivity contribution is 5.99. The van der Waals surface area contributed by atoms with Crippen LogP contribution >= 0.6 is 0 Å². The number of carbonyl (C=O) groups excluding carboxylic acids is 1. The number of para-hydroxylation sites is 1. The van der Waals surface area contributed by atoms with E-state index in [1.54, 1.807) is 42.4 Å². The Morgan fingerprint density at radius 3 is 2.96 bits per heavy atom. The fraction of sp³-hybridized carbons (Fsp3) is 0.333. The van der Waals surface area contributed by atoms with Gasteiger partial charge in [-0.2, -0.15) is 0 Å². The van der Waals surface area contributed by atoms with Crippen LogP contribution in [0, 0.1) is 0 Å². The third kappa shape index (κ3) is 2.99. The van der Waals surface area contributed by atoms with Crippen molar-refractivity contribution in [1.29, 1.82) is 0 Å².